The Morgan fingerprint density at radius 1 is 1.54 bits per heavy atom. The number of rotatable bonds is 5. The van der Waals surface area contributed by atoms with Gasteiger partial charge in [-0.2, -0.15) is 0 Å². The lowest BCUT2D eigenvalue weighted by Crippen LogP contribution is -2.14. The molecule has 0 aliphatic carbocycles. The third kappa shape index (κ3) is 3.03. The maximum Gasteiger partial charge on any atom is 0.141 e. The van der Waals surface area contributed by atoms with Gasteiger partial charge < -0.3 is 10.1 Å². The third-order valence-corrected chi connectivity index (χ3v) is 1.83. The van der Waals surface area contributed by atoms with Gasteiger partial charge in [0.15, 0.2) is 0 Å². The fourth-order valence-electron chi connectivity index (χ4n) is 1.14. The number of aromatic nitrogens is 1. The van der Waals surface area contributed by atoms with Crippen LogP contribution in [0.4, 0.5) is 0 Å². The molecule has 0 spiro atoms. The van der Waals surface area contributed by atoms with Crippen LogP contribution in [0, 0.1) is 0 Å². The zero-order chi connectivity index (χ0) is 9.52. The molecule has 0 bridgehead atoms. The molecule has 1 N–H and O–H groups in total. The smallest absolute Gasteiger partial charge is 0.141 e. The summed E-state index contributed by atoms with van der Waals surface area (Å²) in [6.45, 7) is 4.03. The van der Waals surface area contributed by atoms with Crippen molar-refractivity contribution < 1.29 is 4.74 Å². The molecule has 0 unspecified atom stereocenters. The van der Waals surface area contributed by atoms with Crippen LogP contribution in [0.2, 0.25) is 0 Å². The first kappa shape index (κ1) is 9.99. The van der Waals surface area contributed by atoms with Gasteiger partial charge in [0.25, 0.3) is 0 Å². The second-order valence-electron chi connectivity index (χ2n) is 2.86. The van der Waals surface area contributed by atoms with Crippen LogP contribution in [0.25, 0.3) is 0 Å². The van der Waals surface area contributed by atoms with Gasteiger partial charge >= 0.3 is 0 Å². The van der Waals surface area contributed by atoms with Gasteiger partial charge in [0.1, 0.15) is 5.75 Å². The minimum Gasteiger partial charge on any atom is -0.495 e. The normalized spacial score (nSPS) is 10.0. The maximum absolute atomic E-state index is 5.17. The van der Waals surface area contributed by atoms with Crippen LogP contribution in [-0.2, 0) is 6.54 Å². The largest absolute Gasteiger partial charge is 0.495 e. The summed E-state index contributed by atoms with van der Waals surface area (Å²) in [6.07, 6.45) is 4.67. The van der Waals surface area contributed by atoms with Gasteiger partial charge in [0.05, 0.1) is 13.3 Å². The van der Waals surface area contributed by atoms with Crippen LogP contribution in [0.1, 0.15) is 18.9 Å². The first-order valence-corrected chi connectivity index (χ1v) is 4.56. The predicted molar refractivity (Wildman–Crippen MR) is 52.8 cm³/mol. The standard InChI is InChI=1S/C10H16N2O/c1-3-5-11-7-9-4-6-12-8-10(9)13-2/h4,6,8,11H,3,5,7H2,1-2H3. The van der Waals surface area contributed by atoms with E-state index in [2.05, 4.69) is 17.2 Å². The van der Waals surface area contributed by atoms with Crippen molar-refractivity contribution in [3.05, 3.63) is 24.0 Å². The summed E-state index contributed by atoms with van der Waals surface area (Å²) in [6, 6.07) is 1.97. The third-order valence-electron chi connectivity index (χ3n) is 1.83. The fourth-order valence-corrected chi connectivity index (χ4v) is 1.14. The van der Waals surface area contributed by atoms with E-state index in [0.717, 1.165) is 30.8 Å². The van der Waals surface area contributed by atoms with Gasteiger partial charge in [-0.25, -0.2) is 0 Å². The van der Waals surface area contributed by atoms with Crippen LogP contribution in [0.3, 0.4) is 0 Å². The summed E-state index contributed by atoms with van der Waals surface area (Å²) in [5.74, 6) is 0.853. The van der Waals surface area contributed by atoms with Crippen molar-refractivity contribution in [1.29, 1.82) is 0 Å². The SMILES string of the molecule is CCCNCc1ccncc1OC. The number of nitrogens with zero attached hydrogens (tertiary/aromatic N) is 1. The van der Waals surface area contributed by atoms with Crippen LogP contribution in [-0.4, -0.2) is 18.6 Å². The van der Waals surface area contributed by atoms with E-state index in [1.54, 1.807) is 19.5 Å². The molecule has 1 heterocycles. The zero-order valence-electron chi connectivity index (χ0n) is 8.21. The highest BCUT2D eigenvalue weighted by atomic mass is 16.5. The molecule has 3 heteroatoms. The molecule has 72 valence electrons. The number of nitrogens with one attached hydrogen (secondary N) is 1. The Morgan fingerprint density at radius 2 is 2.38 bits per heavy atom. The van der Waals surface area contributed by atoms with E-state index in [1.165, 1.54) is 0 Å². The summed E-state index contributed by atoms with van der Waals surface area (Å²) in [4.78, 5) is 3.99. The molecule has 0 radical (unpaired) electrons. The molecule has 1 rings (SSSR count). The average Bonchev–Trinajstić information content (AvgIpc) is 2.19. The van der Waals surface area contributed by atoms with Crippen molar-refractivity contribution in [2.45, 2.75) is 19.9 Å². The summed E-state index contributed by atoms with van der Waals surface area (Å²) in [5, 5.41) is 3.32. The van der Waals surface area contributed by atoms with E-state index < -0.39 is 0 Å². The van der Waals surface area contributed by atoms with Gasteiger partial charge in [-0.3, -0.25) is 4.98 Å². The Hall–Kier alpha value is -1.09. The lowest BCUT2D eigenvalue weighted by molar-refractivity contribution is 0.405. The second-order valence-corrected chi connectivity index (χ2v) is 2.86. The van der Waals surface area contributed by atoms with Crippen molar-refractivity contribution in [2.24, 2.45) is 0 Å². The predicted octanol–water partition coefficient (Wildman–Crippen LogP) is 1.59. The van der Waals surface area contributed by atoms with E-state index in [0.29, 0.717) is 0 Å². The number of hydrogen-bond acceptors (Lipinski definition) is 3. The highest BCUT2D eigenvalue weighted by molar-refractivity contribution is 5.29. The number of hydrogen-bond donors (Lipinski definition) is 1. The van der Waals surface area contributed by atoms with Crippen LogP contribution < -0.4 is 10.1 Å². The Labute approximate surface area is 79.1 Å². The molecular formula is C10H16N2O. The molecule has 1 aromatic rings. The Balaban J connectivity index is 2.54. The quantitative estimate of drug-likeness (QED) is 0.699. The summed E-state index contributed by atoms with van der Waals surface area (Å²) >= 11 is 0. The van der Waals surface area contributed by atoms with Crippen LogP contribution in [0.5, 0.6) is 5.75 Å². The first-order chi connectivity index (χ1) is 6.38. The van der Waals surface area contributed by atoms with Crippen molar-refractivity contribution in [3.63, 3.8) is 0 Å². The van der Waals surface area contributed by atoms with Crippen molar-refractivity contribution >= 4 is 0 Å². The molecule has 0 saturated heterocycles. The molecule has 0 fully saturated rings. The van der Waals surface area contributed by atoms with Gasteiger partial charge in [0.2, 0.25) is 0 Å². The Bertz CT molecular complexity index is 250. The van der Waals surface area contributed by atoms with Gasteiger partial charge in [-0.15, -0.1) is 0 Å². The Morgan fingerprint density at radius 3 is 3.08 bits per heavy atom. The van der Waals surface area contributed by atoms with Crippen molar-refractivity contribution in [1.82, 2.24) is 10.3 Å². The molecule has 0 amide bonds. The highest BCUT2D eigenvalue weighted by Gasteiger charge is 1.99. The van der Waals surface area contributed by atoms with Gasteiger partial charge in [0, 0.05) is 18.3 Å². The lowest BCUT2D eigenvalue weighted by Gasteiger charge is -2.07. The topological polar surface area (TPSA) is 34.2 Å². The summed E-state index contributed by atoms with van der Waals surface area (Å²) < 4.78 is 5.17. The maximum atomic E-state index is 5.17. The molecule has 13 heavy (non-hydrogen) atoms. The molecule has 0 atom stereocenters. The molecule has 0 aliphatic rings. The van der Waals surface area contributed by atoms with Crippen molar-refractivity contribution in [2.75, 3.05) is 13.7 Å². The lowest BCUT2D eigenvalue weighted by atomic mass is 10.2. The average molecular weight is 180 g/mol. The minimum atomic E-state index is 0.847. The number of methoxy groups -OCH3 is 1. The van der Waals surface area contributed by atoms with E-state index in [-0.39, 0.29) is 0 Å². The highest BCUT2D eigenvalue weighted by Crippen LogP contribution is 2.14. The van der Waals surface area contributed by atoms with E-state index in [1.807, 2.05) is 6.07 Å². The van der Waals surface area contributed by atoms with E-state index >= 15 is 0 Å². The fraction of sp³-hybridized carbons (Fsp3) is 0.500. The molecule has 1 aromatic heterocycles. The monoisotopic (exact) mass is 180 g/mol. The van der Waals surface area contributed by atoms with Crippen LogP contribution in [0.15, 0.2) is 18.5 Å². The molecule has 0 aliphatic heterocycles. The summed E-state index contributed by atoms with van der Waals surface area (Å²) in [7, 11) is 1.67. The van der Waals surface area contributed by atoms with E-state index in [4.69, 9.17) is 4.74 Å². The first-order valence-electron chi connectivity index (χ1n) is 4.56. The molecule has 0 aromatic carbocycles. The Kier molecular flexibility index (Phi) is 4.26. The van der Waals surface area contributed by atoms with Gasteiger partial charge in [-0.05, 0) is 19.0 Å². The van der Waals surface area contributed by atoms with Crippen molar-refractivity contribution in [3.8, 4) is 5.75 Å². The second kappa shape index (κ2) is 5.54. The summed E-state index contributed by atoms with van der Waals surface area (Å²) in [5.41, 5.74) is 1.16. The van der Waals surface area contributed by atoms with Crippen LogP contribution >= 0.6 is 0 Å². The number of pyridine rings is 1. The minimum absolute atomic E-state index is 0.847. The molecular weight excluding hydrogens is 164 g/mol. The zero-order valence-corrected chi connectivity index (χ0v) is 8.21. The molecule has 3 nitrogen and oxygen atoms in total. The van der Waals surface area contributed by atoms with E-state index in [9.17, 15) is 0 Å². The van der Waals surface area contributed by atoms with Gasteiger partial charge in [-0.1, -0.05) is 6.92 Å². The molecule has 0 saturated carbocycles. The number of ether oxygens (including phenoxy) is 1.